The lowest BCUT2D eigenvalue weighted by atomic mass is 10.1. The quantitative estimate of drug-likeness (QED) is 0.465. The summed E-state index contributed by atoms with van der Waals surface area (Å²) in [5, 5.41) is 0.488. The summed E-state index contributed by atoms with van der Waals surface area (Å²) in [6, 6.07) is 2.49. The third-order valence-electron chi connectivity index (χ3n) is 1.96. The van der Waals surface area contributed by atoms with Crippen LogP contribution in [0.5, 0.6) is 0 Å². The standard InChI is InChI=1S/C9H10F3N3O2/c1-17-8(16)5-2-6(9(10,11)12)4-7(3-5)15(13)14/h2-4H,13-14H2,1H3. The maximum Gasteiger partial charge on any atom is 0.416 e. The first-order valence-electron chi connectivity index (χ1n) is 4.36. The molecule has 0 aliphatic carbocycles. The Bertz CT molecular complexity index is 432. The number of benzene rings is 1. The van der Waals surface area contributed by atoms with Crippen LogP contribution in [-0.2, 0) is 10.9 Å². The molecule has 0 fully saturated rings. The molecule has 8 heteroatoms. The maximum absolute atomic E-state index is 12.5. The highest BCUT2D eigenvalue weighted by Gasteiger charge is 2.32. The molecular weight excluding hydrogens is 239 g/mol. The zero-order valence-electron chi connectivity index (χ0n) is 8.78. The highest BCUT2D eigenvalue weighted by atomic mass is 19.4. The Kier molecular flexibility index (Phi) is 3.59. The van der Waals surface area contributed by atoms with Crippen molar-refractivity contribution in [2.24, 2.45) is 11.7 Å². The van der Waals surface area contributed by atoms with Crippen molar-refractivity contribution in [1.82, 2.24) is 0 Å². The van der Waals surface area contributed by atoms with E-state index in [1.54, 1.807) is 0 Å². The summed E-state index contributed by atoms with van der Waals surface area (Å²) in [5.74, 6) is 9.35. The van der Waals surface area contributed by atoms with Crippen molar-refractivity contribution >= 4 is 11.7 Å². The number of anilines is 1. The van der Waals surface area contributed by atoms with Gasteiger partial charge in [0.05, 0.1) is 23.9 Å². The van der Waals surface area contributed by atoms with E-state index in [4.69, 9.17) is 11.7 Å². The van der Waals surface area contributed by atoms with Crippen LogP contribution in [0.15, 0.2) is 18.2 Å². The number of alkyl halides is 3. The number of esters is 1. The summed E-state index contributed by atoms with van der Waals surface area (Å²) in [7, 11) is 1.06. The molecule has 1 aromatic rings. The monoisotopic (exact) mass is 249 g/mol. The molecule has 0 radical (unpaired) electrons. The second kappa shape index (κ2) is 4.60. The van der Waals surface area contributed by atoms with Crippen molar-refractivity contribution in [2.75, 3.05) is 12.2 Å². The molecule has 0 aliphatic heterocycles. The fraction of sp³-hybridized carbons (Fsp3) is 0.222. The lowest BCUT2D eigenvalue weighted by Gasteiger charge is -2.15. The topological polar surface area (TPSA) is 81.6 Å². The molecule has 0 heterocycles. The molecular formula is C9H10F3N3O2. The van der Waals surface area contributed by atoms with Crippen molar-refractivity contribution < 1.29 is 22.7 Å². The van der Waals surface area contributed by atoms with Crippen LogP contribution >= 0.6 is 0 Å². The SMILES string of the molecule is COC(=O)c1cc(N(N)N)cc(C(F)(F)F)c1. The minimum absolute atomic E-state index is 0.153. The summed E-state index contributed by atoms with van der Waals surface area (Å²) >= 11 is 0. The van der Waals surface area contributed by atoms with Crippen molar-refractivity contribution in [2.45, 2.75) is 6.18 Å². The van der Waals surface area contributed by atoms with Crippen LogP contribution in [0.25, 0.3) is 0 Å². The number of rotatable bonds is 2. The van der Waals surface area contributed by atoms with E-state index in [-0.39, 0.29) is 11.3 Å². The molecule has 0 aliphatic rings. The van der Waals surface area contributed by atoms with E-state index in [1.165, 1.54) is 0 Å². The predicted octanol–water partition coefficient (Wildman–Crippen LogP) is 1.05. The largest absolute Gasteiger partial charge is 0.465 e. The normalized spacial score (nSPS) is 11.2. The Morgan fingerprint density at radius 3 is 2.29 bits per heavy atom. The van der Waals surface area contributed by atoms with Crippen LogP contribution in [0.3, 0.4) is 0 Å². The fourth-order valence-electron chi connectivity index (χ4n) is 1.16. The van der Waals surface area contributed by atoms with Gasteiger partial charge in [-0.1, -0.05) is 0 Å². The Labute approximate surface area is 94.7 Å². The smallest absolute Gasteiger partial charge is 0.416 e. The number of nitrogens with two attached hydrogens (primary N) is 2. The number of carbonyl (C=O) groups excluding carboxylic acids is 1. The number of ether oxygens (including phenoxy) is 1. The van der Waals surface area contributed by atoms with Gasteiger partial charge < -0.3 is 4.74 Å². The molecule has 0 bridgehead atoms. The van der Waals surface area contributed by atoms with Crippen molar-refractivity contribution in [3.63, 3.8) is 0 Å². The van der Waals surface area contributed by atoms with Gasteiger partial charge in [-0.3, -0.25) is 0 Å². The molecule has 0 saturated heterocycles. The van der Waals surface area contributed by atoms with Crippen LogP contribution in [0.2, 0.25) is 0 Å². The average Bonchev–Trinajstić information content (AvgIpc) is 2.26. The van der Waals surface area contributed by atoms with Crippen LogP contribution in [0.4, 0.5) is 18.9 Å². The Balaban J connectivity index is 3.34. The number of halogens is 3. The lowest BCUT2D eigenvalue weighted by molar-refractivity contribution is -0.137. The molecule has 0 saturated carbocycles. The van der Waals surface area contributed by atoms with Gasteiger partial charge >= 0.3 is 12.1 Å². The highest BCUT2D eigenvalue weighted by molar-refractivity contribution is 5.90. The summed E-state index contributed by atoms with van der Waals surface area (Å²) in [6.07, 6.45) is -4.60. The zero-order valence-corrected chi connectivity index (χ0v) is 8.78. The predicted molar refractivity (Wildman–Crippen MR) is 53.6 cm³/mol. The van der Waals surface area contributed by atoms with E-state index in [2.05, 4.69) is 4.74 Å². The van der Waals surface area contributed by atoms with Gasteiger partial charge in [-0.05, 0) is 18.2 Å². The minimum atomic E-state index is -4.60. The van der Waals surface area contributed by atoms with Gasteiger partial charge in [0, 0.05) is 0 Å². The van der Waals surface area contributed by atoms with E-state index in [9.17, 15) is 18.0 Å². The van der Waals surface area contributed by atoms with Gasteiger partial charge in [0.15, 0.2) is 0 Å². The van der Waals surface area contributed by atoms with Gasteiger partial charge in [0.2, 0.25) is 0 Å². The molecule has 5 nitrogen and oxygen atoms in total. The van der Waals surface area contributed by atoms with Gasteiger partial charge in [-0.25, -0.2) is 21.6 Å². The first-order valence-corrected chi connectivity index (χ1v) is 4.36. The molecule has 1 aromatic carbocycles. The summed E-state index contributed by atoms with van der Waals surface area (Å²) in [6.45, 7) is 0. The molecule has 1 rings (SSSR count). The van der Waals surface area contributed by atoms with Crippen LogP contribution in [0.1, 0.15) is 15.9 Å². The maximum atomic E-state index is 12.5. The number of hydrazine groups is 2. The summed E-state index contributed by atoms with van der Waals surface area (Å²) < 4.78 is 41.9. The zero-order chi connectivity index (χ0) is 13.2. The Hall–Kier alpha value is -1.80. The number of methoxy groups -OCH3 is 1. The molecule has 94 valence electrons. The number of nitrogens with zero attached hydrogens (tertiary/aromatic N) is 1. The molecule has 17 heavy (non-hydrogen) atoms. The lowest BCUT2D eigenvalue weighted by Crippen LogP contribution is -2.38. The fourth-order valence-corrected chi connectivity index (χ4v) is 1.16. The minimum Gasteiger partial charge on any atom is -0.465 e. The molecule has 0 aromatic heterocycles. The van der Waals surface area contributed by atoms with Crippen LogP contribution in [-0.4, -0.2) is 13.1 Å². The van der Waals surface area contributed by atoms with Gasteiger partial charge in [0.1, 0.15) is 0 Å². The number of hydrogen-bond donors (Lipinski definition) is 2. The van der Waals surface area contributed by atoms with Crippen LogP contribution in [0, 0.1) is 0 Å². The second-order valence-electron chi connectivity index (χ2n) is 3.17. The number of carbonyl (C=O) groups is 1. The van der Waals surface area contributed by atoms with E-state index in [0.717, 1.165) is 19.2 Å². The highest BCUT2D eigenvalue weighted by Crippen LogP contribution is 2.32. The van der Waals surface area contributed by atoms with Crippen molar-refractivity contribution in [1.29, 1.82) is 0 Å². The second-order valence-corrected chi connectivity index (χ2v) is 3.17. The summed E-state index contributed by atoms with van der Waals surface area (Å²) in [5.41, 5.74) is -1.46. The molecule has 0 amide bonds. The summed E-state index contributed by atoms with van der Waals surface area (Å²) in [4.78, 5) is 11.2. The Morgan fingerprint density at radius 2 is 1.88 bits per heavy atom. The van der Waals surface area contributed by atoms with E-state index in [1.807, 2.05) is 0 Å². The molecule has 0 spiro atoms. The van der Waals surface area contributed by atoms with E-state index < -0.39 is 17.7 Å². The van der Waals surface area contributed by atoms with Crippen molar-refractivity contribution in [3.8, 4) is 0 Å². The van der Waals surface area contributed by atoms with E-state index >= 15 is 0 Å². The average molecular weight is 249 g/mol. The Morgan fingerprint density at radius 1 is 1.29 bits per heavy atom. The van der Waals surface area contributed by atoms with Crippen molar-refractivity contribution in [3.05, 3.63) is 29.3 Å². The third kappa shape index (κ3) is 3.08. The first-order chi connectivity index (χ1) is 7.75. The van der Waals surface area contributed by atoms with E-state index in [0.29, 0.717) is 11.2 Å². The van der Waals surface area contributed by atoms with Gasteiger partial charge in [-0.2, -0.15) is 13.2 Å². The molecule has 0 atom stereocenters. The van der Waals surface area contributed by atoms with Gasteiger partial charge in [-0.15, -0.1) is 0 Å². The number of hydrogen-bond acceptors (Lipinski definition) is 5. The van der Waals surface area contributed by atoms with Gasteiger partial charge in [0.25, 0.3) is 0 Å². The molecule has 0 unspecified atom stereocenters. The molecule has 4 N–H and O–H groups in total. The van der Waals surface area contributed by atoms with Crippen LogP contribution < -0.4 is 16.8 Å². The first kappa shape index (κ1) is 13.3. The third-order valence-corrected chi connectivity index (χ3v) is 1.96.